The van der Waals surface area contributed by atoms with Crippen molar-refractivity contribution in [2.75, 3.05) is 26.7 Å². The summed E-state index contributed by atoms with van der Waals surface area (Å²) in [6, 6.07) is 5.20. The standard InChI is InChI=1S/C17H20Cl2N4O/c1-20-8-12-3-2-6-22(10-12)17(24)13-9-21-23(11-13)16-5-4-14(18)7-15(16)19/h4-5,7,9,11-12,20H,2-3,6,8,10H2,1H3/t12-/m1/s1. The number of benzene rings is 1. The number of piperidine rings is 1. The minimum atomic E-state index is 0.0205. The van der Waals surface area contributed by atoms with E-state index in [0.29, 0.717) is 27.2 Å². The first-order valence-electron chi connectivity index (χ1n) is 8.02. The molecule has 5 nitrogen and oxygen atoms in total. The predicted molar refractivity (Wildman–Crippen MR) is 96.1 cm³/mol. The molecule has 0 radical (unpaired) electrons. The average Bonchev–Trinajstić information content (AvgIpc) is 3.04. The molecule has 0 spiro atoms. The van der Waals surface area contributed by atoms with Gasteiger partial charge in [-0.1, -0.05) is 23.2 Å². The minimum Gasteiger partial charge on any atom is -0.338 e. The molecule has 0 bridgehead atoms. The zero-order valence-electron chi connectivity index (χ0n) is 13.5. The molecule has 7 heteroatoms. The fourth-order valence-corrected chi connectivity index (χ4v) is 3.61. The van der Waals surface area contributed by atoms with E-state index in [1.165, 1.54) is 0 Å². The maximum Gasteiger partial charge on any atom is 0.257 e. The van der Waals surface area contributed by atoms with Gasteiger partial charge >= 0.3 is 0 Å². The van der Waals surface area contributed by atoms with E-state index in [-0.39, 0.29) is 5.91 Å². The molecule has 1 aliphatic heterocycles. The number of likely N-dealkylation sites (tertiary alicyclic amines) is 1. The molecule has 24 heavy (non-hydrogen) atoms. The van der Waals surface area contributed by atoms with Crippen molar-refractivity contribution in [3.63, 3.8) is 0 Å². The Morgan fingerprint density at radius 3 is 3.00 bits per heavy atom. The Balaban J connectivity index is 1.76. The summed E-state index contributed by atoms with van der Waals surface area (Å²) in [5.41, 5.74) is 1.28. The fraction of sp³-hybridized carbons (Fsp3) is 0.412. The molecule has 2 heterocycles. The van der Waals surface area contributed by atoms with E-state index >= 15 is 0 Å². The number of halogens is 2. The summed E-state index contributed by atoms with van der Waals surface area (Å²) in [4.78, 5) is 14.6. The first-order chi connectivity index (χ1) is 11.6. The lowest BCUT2D eigenvalue weighted by Gasteiger charge is -2.32. The number of carbonyl (C=O) groups is 1. The van der Waals surface area contributed by atoms with Gasteiger partial charge in [0.2, 0.25) is 0 Å². The second-order valence-electron chi connectivity index (χ2n) is 6.09. The van der Waals surface area contributed by atoms with Crippen LogP contribution >= 0.6 is 23.2 Å². The second kappa shape index (κ2) is 7.55. The third kappa shape index (κ3) is 3.74. The number of amides is 1. The van der Waals surface area contributed by atoms with Gasteiger partial charge in [0.05, 0.1) is 22.5 Å². The molecular formula is C17H20Cl2N4O. The van der Waals surface area contributed by atoms with Crippen molar-refractivity contribution in [2.24, 2.45) is 5.92 Å². The number of hydrogen-bond acceptors (Lipinski definition) is 3. The lowest BCUT2D eigenvalue weighted by molar-refractivity contribution is 0.0674. The zero-order valence-corrected chi connectivity index (χ0v) is 15.0. The number of nitrogens with zero attached hydrogens (tertiary/aromatic N) is 3. The summed E-state index contributed by atoms with van der Waals surface area (Å²) in [6.07, 6.45) is 5.51. The van der Waals surface area contributed by atoms with Gasteiger partial charge in [0.1, 0.15) is 0 Å². The van der Waals surface area contributed by atoms with Crippen molar-refractivity contribution in [2.45, 2.75) is 12.8 Å². The number of carbonyl (C=O) groups excluding carboxylic acids is 1. The van der Waals surface area contributed by atoms with Crippen LogP contribution in [-0.4, -0.2) is 47.3 Å². The van der Waals surface area contributed by atoms with Gasteiger partial charge in [0.25, 0.3) is 5.91 Å². The van der Waals surface area contributed by atoms with Crippen LogP contribution in [-0.2, 0) is 0 Å². The molecule has 1 aliphatic rings. The largest absolute Gasteiger partial charge is 0.338 e. The van der Waals surface area contributed by atoms with Crippen LogP contribution < -0.4 is 5.32 Å². The molecule has 1 N–H and O–H groups in total. The van der Waals surface area contributed by atoms with Crippen LogP contribution in [0.2, 0.25) is 10.0 Å². The Morgan fingerprint density at radius 2 is 2.25 bits per heavy atom. The summed E-state index contributed by atoms with van der Waals surface area (Å²) < 4.78 is 1.61. The van der Waals surface area contributed by atoms with Gasteiger partial charge in [-0.15, -0.1) is 0 Å². The zero-order chi connectivity index (χ0) is 17.1. The van der Waals surface area contributed by atoms with E-state index in [0.717, 1.165) is 32.5 Å². The molecule has 1 aromatic heterocycles. The monoisotopic (exact) mass is 366 g/mol. The summed E-state index contributed by atoms with van der Waals surface area (Å²) in [6.45, 7) is 2.52. The van der Waals surface area contributed by atoms with E-state index in [2.05, 4.69) is 10.4 Å². The maximum atomic E-state index is 12.7. The Hall–Kier alpha value is -1.56. The molecule has 1 fully saturated rings. The Labute approximate surface area is 151 Å². The van der Waals surface area contributed by atoms with Gasteiger partial charge < -0.3 is 10.2 Å². The SMILES string of the molecule is CNC[C@H]1CCCN(C(=O)c2cnn(-c3ccc(Cl)cc3Cl)c2)C1. The van der Waals surface area contributed by atoms with Crippen molar-refractivity contribution < 1.29 is 4.79 Å². The van der Waals surface area contributed by atoms with Crippen molar-refractivity contribution >= 4 is 29.1 Å². The summed E-state index contributed by atoms with van der Waals surface area (Å²) in [7, 11) is 1.95. The minimum absolute atomic E-state index is 0.0205. The molecule has 0 unspecified atom stereocenters. The van der Waals surface area contributed by atoms with E-state index < -0.39 is 0 Å². The van der Waals surface area contributed by atoms with Crippen molar-refractivity contribution in [3.05, 3.63) is 46.2 Å². The van der Waals surface area contributed by atoms with Crippen LogP contribution in [0.25, 0.3) is 5.69 Å². The van der Waals surface area contributed by atoms with Crippen LogP contribution in [0.5, 0.6) is 0 Å². The molecule has 1 saturated heterocycles. The molecule has 0 saturated carbocycles. The first kappa shape index (κ1) is 17.3. The van der Waals surface area contributed by atoms with Gasteiger partial charge in [-0.3, -0.25) is 4.79 Å². The third-order valence-corrected chi connectivity index (χ3v) is 4.82. The Kier molecular flexibility index (Phi) is 5.43. The summed E-state index contributed by atoms with van der Waals surface area (Å²) >= 11 is 12.1. The lowest BCUT2D eigenvalue weighted by Crippen LogP contribution is -2.42. The number of hydrogen-bond donors (Lipinski definition) is 1. The van der Waals surface area contributed by atoms with E-state index in [4.69, 9.17) is 23.2 Å². The second-order valence-corrected chi connectivity index (χ2v) is 6.93. The smallest absolute Gasteiger partial charge is 0.257 e. The van der Waals surface area contributed by atoms with Gasteiger partial charge in [-0.25, -0.2) is 4.68 Å². The van der Waals surface area contributed by atoms with Gasteiger partial charge in [0.15, 0.2) is 0 Å². The summed E-state index contributed by atoms with van der Waals surface area (Å²) in [5.74, 6) is 0.528. The summed E-state index contributed by atoms with van der Waals surface area (Å²) in [5, 5.41) is 8.53. The fourth-order valence-electron chi connectivity index (χ4n) is 3.12. The van der Waals surface area contributed by atoms with Gasteiger partial charge in [0, 0.05) is 24.3 Å². The van der Waals surface area contributed by atoms with Gasteiger partial charge in [-0.2, -0.15) is 5.10 Å². The lowest BCUT2D eigenvalue weighted by atomic mass is 9.97. The topological polar surface area (TPSA) is 50.2 Å². The predicted octanol–water partition coefficient (Wildman–Crippen LogP) is 3.25. The first-order valence-corrected chi connectivity index (χ1v) is 8.78. The number of nitrogens with one attached hydrogen (secondary N) is 1. The average molecular weight is 367 g/mol. The van der Waals surface area contributed by atoms with Crippen molar-refractivity contribution in [1.29, 1.82) is 0 Å². The molecule has 3 rings (SSSR count). The van der Waals surface area contributed by atoms with Crippen molar-refractivity contribution in [3.8, 4) is 5.69 Å². The molecule has 1 atom stereocenters. The van der Waals surface area contributed by atoms with Crippen LogP contribution in [0, 0.1) is 5.92 Å². The highest BCUT2D eigenvalue weighted by molar-refractivity contribution is 6.35. The molecule has 128 valence electrons. The molecule has 1 aromatic carbocycles. The van der Waals surface area contributed by atoms with Crippen LogP contribution in [0.4, 0.5) is 0 Å². The van der Waals surface area contributed by atoms with E-state index in [9.17, 15) is 4.79 Å². The third-order valence-electron chi connectivity index (χ3n) is 4.29. The van der Waals surface area contributed by atoms with Crippen LogP contribution in [0.3, 0.4) is 0 Å². The Morgan fingerprint density at radius 1 is 1.42 bits per heavy atom. The van der Waals surface area contributed by atoms with Gasteiger partial charge in [-0.05, 0) is 50.6 Å². The number of aromatic nitrogens is 2. The quantitative estimate of drug-likeness (QED) is 0.903. The highest BCUT2D eigenvalue weighted by Gasteiger charge is 2.25. The number of rotatable bonds is 4. The molecule has 0 aliphatic carbocycles. The Bertz CT molecular complexity index is 729. The molecule has 2 aromatic rings. The highest BCUT2D eigenvalue weighted by Crippen LogP contribution is 2.24. The van der Waals surface area contributed by atoms with E-state index in [1.54, 1.807) is 35.3 Å². The van der Waals surface area contributed by atoms with Crippen LogP contribution in [0.15, 0.2) is 30.6 Å². The van der Waals surface area contributed by atoms with Crippen LogP contribution in [0.1, 0.15) is 23.2 Å². The molecule has 1 amide bonds. The maximum absolute atomic E-state index is 12.7. The normalized spacial score (nSPS) is 18.0. The van der Waals surface area contributed by atoms with Crippen molar-refractivity contribution in [1.82, 2.24) is 20.0 Å². The van der Waals surface area contributed by atoms with E-state index in [1.807, 2.05) is 11.9 Å². The molecular weight excluding hydrogens is 347 g/mol. The highest BCUT2D eigenvalue weighted by atomic mass is 35.5.